The number of non-ortho nitro benzene ring substituents is 1. The summed E-state index contributed by atoms with van der Waals surface area (Å²) in [6, 6.07) is 6.41. The standard InChI is InChI=1S/C10H10N2O3.H2O4S/c1-11-9(6-13)5-7-4-8(12(14)15)2-3-10(7)11;1-5(2,3)4/h2-5,13H,6H2,1H3;(H2,1,2,3,4). The van der Waals surface area contributed by atoms with Crippen molar-refractivity contribution in [3.8, 4) is 0 Å². The van der Waals surface area contributed by atoms with Gasteiger partial charge in [-0.2, -0.15) is 8.42 Å². The maximum atomic E-state index is 10.6. The van der Waals surface area contributed by atoms with Crippen LogP contribution in [0.2, 0.25) is 0 Å². The number of rotatable bonds is 2. The van der Waals surface area contributed by atoms with E-state index in [4.69, 9.17) is 22.6 Å². The molecule has 2 rings (SSSR count). The lowest BCUT2D eigenvalue weighted by atomic mass is 10.2. The highest BCUT2D eigenvalue weighted by Crippen LogP contribution is 2.23. The summed E-state index contributed by atoms with van der Waals surface area (Å²) in [6.45, 7) is -0.0705. The van der Waals surface area contributed by atoms with Crippen LogP contribution in [0.3, 0.4) is 0 Å². The van der Waals surface area contributed by atoms with Gasteiger partial charge < -0.3 is 9.67 Å². The van der Waals surface area contributed by atoms with Crippen LogP contribution in [0, 0.1) is 10.1 Å². The van der Waals surface area contributed by atoms with Gasteiger partial charge in [0.2, 0.25) is 0 Å². The lowest BCUT2D eigenvalue weighted by Gasteiger charge is -1.99. The highest BCUT2D eigenvalue weighted by molar-refractivity contribution is 7.79. The van der Waals surface area contributed by atoms with E-state index in [1.54, 1.807) is 12.1 Å². The molecule has 0 amide bonds. The van der Waals surface area contributed by atoms with Crippen LogP contribution in [-0.2, 0) is 24.1 Å². The minimum absolute atomic E-state index is 0.0672. The minimum Gasteiger partial charge on any atom is -0.390 e. The number of nitro groups is 1. The van der Waals surface area contributed by atoms with Gasteiger partial charge in [0.05, 0.1) is 11.5 Å². The zero-order valence-corrected chi connectivity index (χ0v) is 11.1. The second-order valence-corrected chi connectivity index (χ2v) is 4.70. The van der Waals surface area contributed by atoms with Crippen molar-refractivity contribution in [3.05, 3.63) is 40.1 Å². The van der Waals surface area contributed by atoms with E-state index in [1.807, 2.05) is 11.6 Å². The predicted molar refractivity (Wildman–Crippen MR) is 69.7 cm³/mol. The highest BCUT2D eigenvalue weighted by Gasteiger charge is 2.10. The van der Waals surface area contributed by atoms with Crippen LogP contribution in [0.25, 0.3) is 10.9 Å². The number of nitrogens with zero attached hydrogens (tertiary/aromatic N) is 2. The first-order valence-electron chi connectivity index (χ1n) is 5.17. The maximum absolute atomic E-state index is 10.6. The van der Waals surface area contributed by atoms with E-state index in [2.05, 4.69) is 0 Å². The molecule has 0 aliphatic carbocycles. The largest absolute Gasteiger partial charge is 0.394 e. The second kappa shape index (κ2) is 5.96. The summed E-state index contributed by atoms with van der Waals surface area (Å²) >= 11 is 0. The summed E-state index contributed by atoms with van der Waals surface area (Å²) in [7, 11) is -2.85. The van der Waals surface area contributed by atoms with Crippen LogP contribution < -0.4 is 0 Å². The van der Waals surface area contributed by atoms with Crippen molar-refractivity contribution < 1.29 is 27.6 Å². The number of hydrogen-bond donors (Lipinski definition) is 3. The zero-order chi connectivity index (χ0) is 15.5. The van der Waals surface area contributed by atoms with Crippen molar-refractivity contribution in [1.82, 2.24) is 4.57 Å². The lowest BCUT2D eigenvalue weighted by molar-refractivity contribution is -0.384. The fourth-order valence-electron chi connectivity index (χ4n) is 1.66. The van der Waals surface area contributed by atoms with Crippen molar-refractivity contribution in [2.45, 2.75) is 6.61 Å². The van der Waals surface area contributed by atoms with Crippen LogP contribution in [0.5, 0.6) is 0 Å². The predicted octanol–water partition coefficient (Wildman–Crippen LogP) is 0.926. The topological polar surface area (TPSA) is 143 Å². The van der Waals surface area contributed by atoms with Gasteiger partial charge in [-0.3, -0.25) is 19.2 Å². The number of fused-ring (bicyclic) bond motifs is 1. The summed E-state index contributed by atoms with van der Waals surface area (Å²) < 4.78 is 33.4. The van der Waals surface area contributed by atoms with Crippen molar-refractivity contribution in [3.63, 3.8) is 0 Å². The number of hydrogen-bond acceptors (Lipinski definition) is 5. The SMILES string of the molecule is Cn1c(CO)cc2cc([N+](=O)[O-])ccc21.O=S(=O)(O)O. The first-order chi connectivity index (χ1) is 9.13. The fourth-order valence-corrected chi connectivity index (χ4v) is 1.66. The lowest BCUT2D eigenvalue weighted by Crippen LogP contribution is -1.94. The molecule has 0 bridgehead atoms. The Kier molecular flexibility index (Phi) is 4.78. The van der Waals surface area contributed by atoms with Gasteiger partial charge in [-0.1, -0.05) is 0 Å². The Balaban J connectivity index is 0.000000347. The number of aromatic nitrogens is 1. The third-order valence-electron chi connectivity index (χ3n) is 2.50. The molecule has 1 heterocycles. The minimum atomic E-state index is -4.67. The van der Waals surface area contributed by atoms with Gasteiger partial charge in [-0.05, 0) is 12.1 Å². The van der Waals surface area contributed by atoms with E-state index < -0.39 is 15.3 Å². The molecule has 1 aromatic heterocycles. The molecule has 0 saturated heterocycles. The van der Waals surface area contributed by atoms with E-state index in [-0.39, 0.29) is 12.3 Å². The van der Waals surface area contributed by atoms with E-state index in [0.29, 0.717) is 0 Å². The van der Waals surface area contributed by atoms with Crippen LogP contribution in [0.1, 0.15) is 5.69 Å². The average Bonchev–Trinajstić information content (AvgIpc) is 2.63. The summed E-state index contributed by atoms with van der Waals surface area (Å²) in [6.07, 6.45) is 0. The Morgan fingerprint density at radius 3 is 2.30 bits per heavy atom. The van der Waals surface area contributed by atoms with Gasteiger partial charge in [-0.25, -0.2) is 0 Å². The van der Waals surface area contributed by atoms with Crippen molar-refractivity contribution >= 4 is 27.0 Å². The van der Waals surface area contributed by atoms with Gasteiger partial charge in [0, 0.05) is 35.8 Å². The molecule has 1 aromatic carbocycles. The number of benzene rings is 1. The van der Waals surface area contributed by atoms with Gasteiger partial charge in [0.1, 0.15) is 0 Å². The van der Waals surface area contributed by atoms with Crippen molar-refractivity contribution in [2.75, 3.05) is 0 Å². The summed E-state index contributed by atoms with van der Waals surface area (Å²) in [4.78, 5) is 10.1. The third kappa shape index (κ3) is 4.28. The Bertz CT molecular complexity index is 727. The Morgan fingerprint density at radius 2 is 1.85 bits per heavy atom. The molecule has 3 N–H and O–H groups in total. The van der Waals surface area contributed by atoms with Crippen molar-refractivity contribution in [1.29, 1.82) is 0 Å². The highest BCUT2D eigenvalue weighted by atomic mass is 32.3. The van der Waals surface area contributed by atoms with Gasteiger partial charge >= 0.3 is 10.4 Å². The Labute approximate surface area is 113 Å². The van der Waals surface area contributed by atoms with E-state index in [1.165, 1.54) is 12.1 Å². The Hall–Kier alpha value is -2.01. The number of aliphatic hydroxyl groups excluding tert-OH is 1. The molecule has 0 atom stereocenters. The molecule has 2 aromatic rings. The molecule has 10 heteroatoms. The number of nitro benzene ring substituents is 1. The maximum Gasteiger partial charge on any atom is 0.394 e. The van der Waals surface area contributed by atoms with E-state index in [0.717, 1.165) is 16.6 Å². The molecule has 9 nitrogen and oxygen atoms in total. The number of aliphatic hydroxyl groups is 1. The zero-order valence-electron chi connectivity index (χ0n) is 10.3. The number of aryl methyl sites for hydroxylation is 1. The van der Waals surface area contributed by atoms with Crippen LogP contribution in [-0.4, -0.2) is 32.1 Å². The molecular formula is C10H12N2O7S. The molecule has 0 saturated carbocycles. The second-order valence-electron chi connectivity index (χ2n) is 3.80. The smallest absolute Gasteiger partial charge is 0.390 e. The van der Waals surface area contributed by atoms with Crippen LogP contribution in [0.4, 0.5) is 5.69 Å². The monoisotopic (exact) mass is 304 g/mol. The molecule has 110 valence electrons. The summed E-state index contributed by atoms with van der Waals surface area (Å²) in [5.74, 6) is 0. The molecule has 0 unspecified atom stereocenters. The molecular weight excluding hydrogens is 292 g/mol. The average molecular weight is 304 g/mol. The van der Waals surface area contributed by atoms with Gasteiger partial charge in [-0.15, -0.1) is 0 Å². The van der Waals surface area contributed by atoms with Crippen LogP contribution >= 0.6 is 0 Å². The van der Waals surface area contributed by atoms with E-state index in [9.17, 15) is 10.1 Å². The molecule has 0 spiro atoms. The van der Waals surface area contributed by atoms with Crippen LogP contribution in [0.15, 0.2) is 24.3 Å². The first-order valence-corrected chi connectivity index (χ1v) is 6.56. The van der Waals surface area contributed by atoms with Gasteiger partial charge in [0.25, 0.3) is 5.69 Å². The normalized spacial score (nSPS) is 11.0. The molecule has 0 radical (unpaired) electrons. The van der Waals surface area contributed by atoms with Gasteiger partial charge in [0.15, 0.2) is 0 Å². The third-order valence-corrected chi connectivity index (χ3v) is 2.50. The fraction of sp³-hybridized carbons (Fsp3) is 0.200. The molecule has 20 heavy (non-hydrogen) atoms. The summed E-state index contributed by atoms with van der Waals surface area (Å²) in [5, 5.41) is 20.4. The molecule has 0 fully saturated rings. The molecule has 0 aliphatic heterocycles. The summed E-state index contributed by atoms with van der Waals surface area (Å²) in [5.41, 5.74) is 1.69. The van der Waals surface area contributed by atoms with E-state index >= 15 is 0 Å². The first kappa shape index (κ1) is 16.0. The molecule has 0 aliphatic rings. The Morgan fingerprint density at radius 1 is 1.30 bits per heavy atom. The quantitative estimate of drug-likeness (QED) is 0.425. The van der Waals surface area contributed by atoms with Crippen molar-refractivity contribution in [2.24, 2.45) is 7.05 Å².